The molecule has 0 aliphatic heterocycles. The Morgan fingerprint density at radius 3 is 2.62 bits per heavy atom. The average Bonchev–Trinajstić information content (AvgIpc) is 2.47. The lowest BCUT2D eigenvalue weighted by Crippen LogP contribution is -2.22. The summed E-state index contributed by atoms with van der Waals surface area (Å²) in [5, 5.41) is 3.24. The summed E-state index contributed by atoms with van der Waals surface area (Å²) in [7, 11) is 1.51. The van der Waals surface area contributed by atoms with Crippen molar-refractivity contribution in [3.63, 3.8) is 0 Å². The summed E-state index contributed by atoms with van der Waals surface area (Å²) in [4.78, 5) is 0. The summed E-state index contributed by atoms with van der Waals surface area (Å²) in [6.45, 7) is 2.55. The predicted molar refractivity (Wildman–Crippen MR) is 79.5 cm³/mol. The Morgan fingerprint density at radius 2 is 1.95 bits per heavy atom. The first-order valence-corrected chi connectivity index (χ1v) is 6.91. The largest absolute Gasteiger partial charge is 0.497 e. The van der Waals surface area contributed by atoms with Crippen LogP contribution in [-0.2, 0) is 6.42 Å². The zero-order valence-corrected chi connectivity index (χ0v) is 12.2. The van der Waals surface area contributed by atoms with Crippen molar-refractivity contribution in [2.45, 2.75) is 19.4 Å². The van der Waals surface area contributed by atoms with Gasteiger partial charge >= 0.3 is 0 Å². The van der Waals surface area contributed by atoms with Gasteiger partial charge in [0.25, 0.3) is 0 Å². The van der Waals surface area contributed by atoms with Gasteiger partial charge in [0.1, 0.15) is 17.4 Å². The molecule has 0 amide bonds. The molecule has 0 heterocycles. The van der Waals surface area contributed by atoms with Crippen molar-refractivity contribution in [2.75, 3.05) is 13.7 Å². The van der Waals surface area contributed by atoms with Crippen LogP contribution in [0.4, 0.5) is 8.78 Å². The van der Waals surface area contributed by atoms with Gasteiger partial charge in [-0.2, -0.15) is 0 Å². The van der Waals surface area contributed by atoms with Crippen LogP contribution >= 0.6 is 0 Å². The van der Waals surface area contributed by atoms with Gasteiger partial charge in [0, 0.05) is 17.7 Å². The van der Waals surface area contributed by atoms with E-state index in [1.807, 2.05) is 13.0 Å². The highest BCUT2D eigenvalue weighted by molar-refractivity contribution is 5.30. The van der Waals surface area contributed by atoms with E-state index in [2.05, 4.69) is 5.32 Å². The first-order chi connectivity index (χ1) is 10.1. The van der Waals surface area contributed by atoms with Crippen LogP contribution in [0.5, 0.6) is 5.75 Å². The van der Waals surface area contributed by atoms with Crippen LogP contribution in [0.15, 0.2) is 42.5 Å². The number of hydrogen-bond acceptors (Lipinski definition) is 2. The minimum atomic E-state index is -0.292. The van der Waals surface area contributed by atoms with E-state index in [9.17, 15) is 8.78 Å². The number of nitrogens with one attached hydrogen (secondary N) is 1. The van der Waals surface area contributed by atoms with Crippen LogP contribution in [0.2, 0.25) is 0 Å². The standard InChI is InChI=1S/C17H19F2NO/c1-12(16-7-6-15(21-2)11-17(16)19)20-9-8-13-4-3-5-14(18)10-13/h3-7,10-12,20H,8-9H2,1-2H3. The summed E-state index contributed by atoms with van der Waals surface area (Å²) in [5.41, 5.74) is 1.51. The molecule has 21 heavy (non-hydrogen) atoms. The molecule has 1 unspecified atom stereocenters. The normalized spacial score (nSPS) is 12.2. The number of benzene rings is 2. The first-order valence-electron chi connectivity index (χ1n) is 6.91. The van der Waals surface area contributed by atoms with Gasteiger partial charge in [-0.3, -0.25) is 0 Å². The maximum atomic E-state index is 13.9. The lowest BCUT2D eigenvalue weighted by atomic mass is 10.1. The highest BCUT2D eigenvalue weighted by Crippen LogP contribution is 2.21. The molecule has 2 nitrogen and oxygen atoms in total. The fourth-order valence-corrected chi connectivity index (χ4v) is 2.22. The molecule has 2 rings (SSSR count). The van der Waals surface area contributed by atoms with E-state index in [0.717, 1.165) is 5.56 Å². The van der Waals surface area contributed by atoms with Gasteiger partial charge in [-0.05, 0) is 43.7 Å². The van der Waals surface area contributed by atoms with Crippen molar-refractivity contribution >= 4 is 0 Å². The summed E-state index contributed by atoms with van der Waals surface area (Å²) in [6, 6.07) is 11.2. The molecule has 0 saturated carbocycles. The van der Waals surface area contributed by atoms with Crippen LogP contribution in [0, 0.1) is 11.6 Å². The number of hydrogen-bond donors (Lipinski definition) is 1. The molecular formula is C17H19F2NO. The van der Waals surface area contributed by atoms with Crippen LogP contribution in [-0.4, -0.2) is 13.7 Å². The molecule has 0 bridgehead atoms. The summed E-state index contributed by atoms with van der Waals surface area (Å²) < 4.78 is 32.0. The van der Waals surface area contributed by atoms with Gasteiger partial charge in [-0.1, -0.05) is 18.2 Å². The van der Waals surface area contributed by atoms with Gasteiger partial charge < -0.3 is 10.1 Å². The third kappa shape index (κ3) is 4.26. The predicted octanol–water partition coefficient (Wildman–Crippen LogP) is 3.87. The molecule has 0 aliphatic rings. The Labute approximate surface area is 123 Å². The topological polar surface area (TPSA) is 21.3 Å². The lowest BCUT2D eigenvalue weighted by molar-refractivity contribution is 0.409. The third-order valence-corrected chi connectivity index (χ3v) is 3.43. The van der Waals surface area contributed by atoms with Crippen molar-refractivity contribution in [1.29, 1.82) is 0 Å². The fourth-order valence-electron chi connectivity index (χ4n) is 2.22. The second kappa shape index (κ2) is 7.18. The number of methoxy groups -OCH3 is 1. The molecule has 0 aromatic heterocycles. The highest BCUT2D eigenvalue weighted by Gasteiger charge is 2.11. The van der Waals surface area contributed by atoms with E-state index in [0.29, 0.717) is 24.3 Å². The van der Waals surface area contributed by atoms with Crippen molar-refractivity contribution < 1.29 is 13.5 Å². The maximum Gasteiger partial charge on any atom is 0.131 e. The number of halogens is 2. The lowest BCUT2D eigenvalue weighted by Gasteiger charge is -2.15. The fraction of sp³-hybridized carbons (Fsp3) is 0.294. The van der Waals surface area contributed by atoms with Crippen LogP contribution < -0.4 is 10.1 Å². The molecule has 0 spiro atoms. The quantitative estimate of drug-likeness (QED) is 0.872. The molecule has 1 atom stereocenters. The van der Waals surface area contributed by atoms with Gasteiger partial charge in [0.05, 0.1) is 7.11 Å². The Hall–Kier alpha value is -1.94. The molecule has 112 valence electrons. The first kappa shape index (κ1) is 15.4. The summed E-state index contributed by atoms with van der Waals surface area (Å²) in [5.74, 6) is -0.0231. The molecule has 0 saturated heterocycles. The zero-order valence-electron chi connectivity index (χ0n) is 12.2. The maximum absolute atomic E-state index is 13.9. The Kier molecular flexibility index (Phi) is 5.28. The monoisotopic (exact) mass is 291 g/mol. The van der Waals surface area contributed by atoms with Crippen LogP contribution in [0.3, 0.4) is 0 Å². The van der Waals surface area contributed by atoms with E-state index < -0.39 is 0 Å². The average molecular weight is 291 g/mol. The third-order valence-electron chi connectivity index (χ3n) is 3.43. The highest BCUT2D eigenvalue weighted by atomic mass is 19.1. The number of ether oxygens (including phenoxy) is 1. The number of rotatable bonds is 6. The Morgan fingerprint density at radius 1 is 1.14 bits per heavy atom. The minimum Gasteiger partial charge on any atom is -0.497 e. The SMILES string of the molecule is COc1ccc(C(C)NCCc2cccc(F)c2)c(F)c1. The molecule has 4 heteroatoms. The summed E-state index contributed by atoms with van der Waals surface area (Å²) >= 11 is 0. The van der Waals surface area contributed by atoms with Crippen molar-refractivity contribution in [3.8, 4) is 5.75 Å². The van der Waals surface area contributed by atoms with E-state index in [4.69, 9.17) is 4.74 Å². The summed E-state index contributed by atoms with van der Waals surface area (Å²) in [6.07, 6.45) is 0.694. The molecular weight excluding hydrogens is 272 g/mol. The van der Waals surface area contributed by atoms with E-state index in [1.54, 1.807) is 18.2 Å². The van der Waals surface area contributed by atoms with E-state index in [1.165, 1.54) is 25.3 Å². The van der Waals surface area contributed by atoms with Gasteiger partial charge in [-0.25, -0.2) is 8.78 Å². The molecule has 2 aromatic rings. The van der Waals surface area contributed by atoms with Gasteiger partial charge in [-0.15, -0.1) is 0 Å². The molecule has 0 fully saturated rings. The smallest absolute Gasteiger partial charge is 0.131 e. The van der Waals surface area contributed by atoms with Gasteiger partial charge in [0.15, 0.2) is 0 Å². The molecule has 2 aromatic carbocycles. The molecule has 1 N–H and O–H groups in total. The van der Waals surface area contributed by atoms with Crippen LogP contribution in [0.25, 0.3) is 0 Å². The molecule has 0 aliphatic carbocycles. The van der Waals surface area contributed by atoms with E-state index >= 15 is 0 Å². The molecule has 0 radical (unpaired) electrons. The van der Waals surface area contributed by atoms with E-state index in [-0.39, 0.29) is 17.7 Å². The minimum absolute atomic E-state index is 0.121. The second-order valence-corrected chi connectivity index (χ2v) is 4.94. The zero-order chi connectivity index (χ0) is 15.2. The van der Waals surface area contributed by atoms with Crippen LogP contribution in [0.1, 0.15) is 24.1 Å². The Bertz CT molecular complexity index is 601. The van der Waals surface area contributed by atoms with Crippen molar-refractivity contribution in [3.05, 3.63) is 65.2 Å². The Balaban J connectivity index is 1.91. The van der Waals surface area contributed by atoms with Crippen molar-refractivity contribution in [1.82, 2.24) is 5.32 Å². The van der Waals surface area contributed by atoms with Gasteiger partial charge in [0.2, 0.25) is 0 Å². The van der Waals surface area contributed by atoms with Crippen molar-refractivity contribution in [2.24, 2.45) is 0 Å². The second-order valence-electron chi connectivity index (χ2n) is 4.94.